The molecule has 26 heavy (non-hydrogen) atoms. The van der Waals surface area contributed by atoms with Gasteiger partial charge in [-0.15, -0.1) is 24.8 Å². The molecule has 2 N–H and O–H groups in total. The van der Waals surface area contributed by atoms with Gasteiger partial charge in [-0.1, -0.05) is 36.4 Å². The van der Waals surface area contributed by atoms with Crippen LogP contribution in [-0.4, -0.2) is 16.0 Å². The minimum absolute atomic E-state index is 0. The molecule has 0 spiro atoms. The number of carbonyl (C=O) groups excluding carboxylic acids is 1. The third kappa shape index (κ3) is 4.02. The normalized spacial score (nSPS) is 9.85. The number of nitrogens with zero attached hydrogens (tertiary/aromatic N) is 2. The summed E-state index contributed by atoms with van der Waals surface area (Å²) in [5.74, 6) is 0. The van der Waals surface area contributed by atoms with Crippen LogP contribution in [0.2, 0.25) is 0 Å². The lowest BCUT2D eigenvalue weighted by molar-refractivity contribution is 0.262. The minimum atomic E-state index is -0.316. The van der Waals surface area contributed by atoms with Crippen LogP contribution in [0, 0.1) is 0 Å². The van der Waals surface area contributed by atoms with Gasteiger partial charge in [0.05, 0.1) is 28.6 Å². The monoisotopic (exact) mass is 386 g/mol. The Morgan fingerprint density at radius 1 is 0.808 bits per heavy atom. The molecule has 5 nitrogen and oxygen atoms in total. The van der Waals surface area contributed by atoms with E-state index in [9.17, 15) is 4.79 Å². The van der Waals surface area contributed by atoms with Crippen molar-refractivity contribution in [2.45, 2.75) is 0 Å². The van der Waals surface area contributed by atoms with E-state index in [0.717, 1.165) is 21.8 Å². The second-order valence-electron chi connectivity index (χ2n) is 5.37. The van der Waals surface area contributed by atoms with Crippen molar-refractivity contribution in [1.82, 2.24) is 9.97 Å². The van der Waals surface area contributed by atoms with E-state index >= 15 is 0 Å². The first-order valence-electron chi connectivity index (χ1n) is 7.56. The van der Waals surface area contributed by atoms with Crippen LogP contribution in [0.5, 0.6) is 0 Å². The predicted octanol–water partition coefficient (Wildman–Crippen LogP) is 5.27. The van der Waals surface area contributed by atoms with Crippen molar-refractivity contribution in [1.29, 1.82) is 0 Å². The van der Waals surface area contributed by atoms with Gasteiger partial charge in [0, 0.05) is 17.0 Å². The standard InChI is InChI=1S/C19H14N4O.2ClH/c24-19(22-14-11-13-5-1-3-7-16(13)21-12-14)23-18-9-10-20-17-8-4-2-6-15(17)18;;/h1-12H,(H2,20,22,23,24);2*1H. The van der Waals surface area contributed by atoms with Crippen molar-refractivity contribution in [3.05, 3.63) is 73.1 Å². The van der Waals surface area contributed by atoms with Gasteiger partial charge in [0.15, 0.2) is 0 Å². The van der Waals surface area contributed by atoms with Crippen molar-refractivity contribution in [2.24, 2.45) is 0 Å². The number of amides is 2. The summed E-state index contributed by atoms with van der Waals surface area (Å²) in [5, 5.41) is 7.55. The van der Waals surface area contributed by atoms with E-state index in [0.29, 0.717) is 11.4 Å². The van der Waals surface area contributed by atoms with E-state index in [-0.39, 0.29) is 30.8 Å². The number of pyridine rings is 2. The average molecular weight is 387 g/mol. The molecule has 0 bridgehead atoms. The third-order valence-corrected chi connectivity index (χ3v) is 3.75. The van der Waals surface area contributed by atoms with Crippen molar-refractivity contribution in [2.75, 3.05) is 10.6 Å². The molecule has 2 heterocycles. The number of nitrogens with one attached hydrogen (secondary N) is 2. The molecule has 0 aliphatic carbocycles. The van der Waals surface area contributed by atoms with Gasteiger partial charge in [0.2, 0.25) is 0 Å². The number of benzene rings is 2. The van der Waals surface area contributed by atoms with E-state index in [1.54, 1.807) is 18.5 Å². The fourth-order valence-electron chi connectivity index (χ4n) is 2.63. The van der Waals surface area contributed by atoms with Crippen molar-refractivity contribution < 1.29 is 4.79 Å². The molecule has 0 atom stereocenters. The summed E-state index contributed by atoms with van der Waals surface area (Å²) in [6, 6.07) is 18.8. The summed E-state index contributed by atoms with van der Waals surface area (Å²) in [4.78, 5) is 20.9. The van der Waals surface area contributed by atoms with Crippen LogP contribution in [0.1, 0.15) is 0 Å². The quantitative estimate of drug-likeness (QED) is 0.492. The number of fused-ring (bicyclic) bond motifs is 2. The maximum atomic E-state index is 12.3. The van der Waals surface area contributed by atoms with Crippen LogP contribution in [0.4, 0.5) is 16.2 Å². The Bertz CT molecular complexity index is 1050. The van der Waals surface area contributed by atoms with Gasteiger partial charge >= 0.3 is 6.03 Å². The first kappa shape index (κ1) is 19.4. The van der Waals surface area contributed by atoms with E-state index in [1.807, 2.05) is 54.6 Å². The molecular weight excluding hydrogens is 371 g/mol. The molecule has 2 amide bonds. The third-order valence-electron chi connectivity index (χ3n) is 3.75. The summed E-state index contributed by atoms with van der Waals surface area (Å²) in [6.07, 6.45) is 3.32. The lowest BCUT2D eigenvalue weighted by atomic mass is 10.2. The number of halogens is 2. The van der Waals surface area contributed by atoms with Gasteiger partial charge in [-0.25, -0.2) is 4.79 Å². The molecule has 0 fully saturated rings. The highest BCUT2D eigenvalue weighted by Crippen LogP contribution is 2.21. The van der Waals surface area contributed by atoms with Gasteiger partial charge in [0.1, 0.15) is 0 Å². The molecule has 2 aromatic carbocycles. The molecular formula is C19H16Cl2N4O. The summed E-state index contributed by atoms with van der Waals surface area (Å²) in [5.41, 5.74) is 3.09. The Hall–Kier alpha value is -2.89. The summed E-state index contributed by atoms with van der Waals surface area (Å²) in [7, 11) is 0. The van der Waals surface area contributed by atoms with E-state index in [4.69, 9.17) is 0 Å². The van der Waals surface area contributed by atoms with Crippen LogP contribution >= 0.6 is 24.8 Å². The average Bonchev–Trinajstić information content (AvgIpc) is 2.62. The van der Waals surface area contributed by atoms with E-state index in [2.05, 4.69) is 20.6 Å². The fraction of sp³-hybridized carbons (Fsp3) is 0. The van der Waals surface area contributed by atoms with Gasteiger partial charge in [-0.05, 0) is 24.3 Å². The molecule has 0 saturated heterocycles. The van der Waals surface area contributed by atoms with Crippen LogP contribution in [-0.2, 0) is 0 Å². The SMILES string of the molecule is Cl.Cl.O=C(Nc1cnc2ccccc2c1)Nc1ccnc2ccccc12. The number of aromatic nitrogens is 2. The van der Waals surface area contributed by atoms with Crippen LogP contribution < -0.4 is 10.6 Å². The first-order valence-corrected chi connectivity index (χ1v) is 7.56. The number of hydrogen-bond acceptors (Lipinski definition) is 3. The smallest absolute Gasteiger partial charge is 0.307 e. The lowest BCUT2D eigenvalue weighted by Gasteiger charge is -2.10. The van der Waals surface area contributed by atoms with Gasteiger partial charge < -0.3 is 10.6 Å². The number of hydrogen-bond donors (Lipinski definition) is 2. The molecule has 132 valence electrons. The Kier molecular flexibility index (Phi) is 6.33. The minimum Gasteiger partial charge on any atom is -0.307 e. The van der Waals surface area contributed by atoms with E-state index < -0.39 is 0 Å². The second kappa shape index (κ2) is 8.47. The molecule has 0 radical (unpaired) electrons. The maximum absolute atomic E-state index is 12.3. The Labute approximate surface area is 162 Å². The van der Waals surface area contributed by atoms with E-state index in [1.165, 1.54) is 0 Å². The predicted molar refractivity (Wildman–Crippen MR) is 111 cm³/mol. The number of rotatable bonds is 2. The number of urea groups is 1. The summed E-state index contributed by atoms with van der Waals surface area (Å²) in [6.45, 7) is 0. The van der Waals surface area contributed by atoms with Crippen LogP contribution in [0.3, 0.4) is 0 Å². The van der Waals surface area contributed by atoms with Gasteiger partial charge in [-0.3, -0.25) is 9.97 Å². The summed E-state index contributed by atoms with van der Waals surface area (Å²) < 4.78 is 0. The van der Waals surface area contributed by atoms with Crippen LogP contribution in [0.25, 0.3) is 21.8 Å². The Balaban J connectivity index is 0.00000121. The molecule has 2 aromatic heterocycles. The molecule has 7 heteroatoms. The topological polar surface area (TPSA) is 66.9 Å². The van der Waals surface area contributed by atoms with Gasteiger partial charge in [-0.2, -0.15) is 0 Å². The number of carbonyl (C=O) groups is 1. The molecule has 4 aromatic rings. The lowest BCUT2D eigenvalue weighted by Crippen LogP contribution is -2.19. The second-order valence-corrected chi connectivity index (χ2v) is 5.37. The Morgan fingerprint density at radius 3 is 2.38 bits per heavy atom. The molecule has 4 rings (SSSR count). The Morgan fingerprint density at radius 2 is 1.54 bits per heavy atom. The largest absolute Gasteiger partial charge is 0.323 e. The van der Waals surface area contributed by atoms with Gasteiger partial charge in [0.25, 0.3) is 0 Å². The summed E-state index contributed by atoms with van der Waals surface area (Å²) >= 11 is 0. The maximum Gasteiger partial charge on any atom is 0.323 e. The number of anilines is 2. The highest BCUT2D eigenvalue weighted by atomic mass is 35.5. The molecule has 0 aliphatic heterocycles. The van der Waals surface area contributed by atoms with Crippen molar-refractivity contribution in [3.63, 3.8) is 0 Å². The fourth-order valence-corrected chi connectivity index (χ4v) is 2.63. The molecule has 0 saturated carbocycles. The zero-order valence-corrected chi connectivity index (χ0v) is 15.2. The van der Waals surface area contributed by atoms with Crippen molar-refractivity contribution >= 4 is 64.0 Å². The molecule has 0 aliphatic rings. The highest BCUT2D eigenvalue weighted by molar-refractivity contribution is 6.05. The number of para-hydroxylation sites is 2. The zero-order valence-electron chi connectivity index (χ0n) is 13.5. The zero-order chi connectivity index (χ0) is 16.4. The van der Waals surface area contributed by atoms with Crippen LogP contribution in [0.15, 0.2) is 73.1 Å². The highest BCUT2D eigenvalue weighted by Gasteiger charge is 2.07. The van der Waals surface area contributed by atoms with Crippen molar-refractivity contribution in [3.8, 4) is 0 Å². The molecule has 0 unspecified atom stereocenters. The first-order chi connectivity index (χ1) is 11.8.